The van der Waals surface area contributed by atoms with Crippen molar-refractivity contribution < 1.29 is 18.3 Å². The second-order valence-electron chi connectivity index (χ2n) is 7.87. The van der Waals surface area contributed by atoms with Gasteiger partial charge in [-0.05, 0) is 63.0 Å². The lowest BCUT2D eigenvalue weighted by Gasteiger charge is -2.37. The molecule has 2 atom stereocenters. The maximum atomic E-state index is 12.9. The number of hydrogen-bond donors (Lipinski definition) is 2. The molecular formula is C20H21F3N6O. The SMILES string of the molecule is Oc1cc(C(F)(F)F)ccc1-c1nnc(N[C@H]2CCCN3CCC[C@H]23)n2nccc12. The van der Waals surface area contributed by atoms with Gasteiger partial charge < -0.3 is 10.4 Å². The molecule has 0 spiro atoms. The molecule has 2 saturated heterocycles. The van der Waals surface area contributed by atoms with Crippen molar-refractivity contribution in [3.63, 3.8) is 0 Å². The monoisotopic (exact) mass is 418 g/mol. The van der Waals surface area contributed by atoms with E-state index >= 15 is 0 Å². The average Bonchev–Trinajstić information content (AvgIpc) is 3.38. The van der Waals surface area contributed by atoms with Crippen molar-refractivity contribution in [2.24, 2.45) is 0 Å². The second kappa shape index (κ2) is 7.12. The number of aromatic hydroxyl groups is 1. The second-order valence-corrected chi connectivity index (χ2v) is 7.87. The molecular weight excluding hydrogens is 397 g/mol. The molecule has 0 aliphatic carbocycles. The first-order valence-corrected chi connectivity index (χ1v) is 10.0. The Morgan fingerprint density at radius 3 is 2.63 bits per heavy atom. The van der Waals surface area contributed by atoms with Gasteiger partial charge in [-0.2, -0.15) is 22.8 Å². The van der Waals surface area contributed by atoms with E-state index < -0.39 is 17.5 Å². The molecule has 3 aromatic rings. The van der Waals surface area contributed by atoms with E-state index in [-0.39, 0.29) is 17.3 Å². The summed E-state index contributed by atoms with van der Waals surface area (Å²) in [7, 11) is 0. The number of piperidine rings is 1. The topological polar surface area (TPSA) is 78.6 Å². The lowest BCUT2D eigenvalue weighted by molar-refractivity contribution is -0.137. The predicted octanol–water partition coefficient (Wildman–Crippen LogP) is 3.55. The number of benzene rings is 1. The van der Waals surface area contributed by atoms with Gasteiger partial charge in [0.1, 0.15) is 11.4 Å². The molecule has 30 heavy (non-hydrogen) atoms. The lowest BCUT2D eigenvalue weighted by Crippen LogP contribution is -2.48. The molecule has 2 aromatic heterocycles. The summed E-state index contributed by atoms with van der Waals surface area (Å²) >= 11 is 0. The van der Waals surface area contributed by atoms with E-state index in [1.165, 1.54) is 12.5 Å². The fourth-order valence-corrected chi connectivity index (χ4v) is 4.66. The average molecular weight is 418 g/mol. The van der Waals surface area contributed by atoms with Gasteiger partial charge in [0.2, 0.25) is 5.95 Å². The van der Waals surface area contributed by atoms with E-state index in [1.807, 2.05) is 0 Å². The molecule has 10 heteroatoms. The number of phenols is 1. The normalized spacial score (nSPS) is 22.4. The van der Waals surface area contributed by atoms with E-state index in [1.54, 1.807) is 16.8 Å². The van der Waals surface area contributed by atoms with Crippen LogP contribution in [0.5, 0.6) is 5.75 Å². The first kappa shape index (κ1) is 19.1. The van der Waals surface area contributed by atoms with Crippen LogP contribution in [0.1, 0.15) is 31.2 Å². The van der Waals surface area contributed by atoms with Crippen molar-refractivity contribution in [2.75, 3.05) is 18.4 Å². The van der Waals surface area contributed by atoms with Crippen LogP contribution in [0.2, 0.25) is 0 Å². The Morgan fingerprint density at radius 1 is 1.07 bits per heavy atom. The molecule has 0 bridgehead atoms. The maximum Gasteiger partial charge on any atom is 0.416 e. The minimum Gasteiger partial charge on any atom is -0.507 e. The number of aromatic nitrogens is 4. The molecule has 2 aliphatic rings. The number of rotatable bonds is 3. The van der Waals surface area contributed by atoms with Crippen molar-refractivity contribution in [1.29, 1.82) is 0 Å². The van der Waals surface area contributed by atoms with E-state index in [0.29, 0.717) is 23.6 Å². The van der Waals surface area contributed by atoms with Gasteiger partial charge >= 0.3 is 6.18 Å². The van der Waals surface area contributed by atoms with Gasteiger partial charge in [-0.3, -0.25) is 4.90 Å². The van der Waals surface area contributed by atoms with Gasteiger partial charge in [0.15, 0.2) is 0 Å². The smallest absolute Gasteiger partial charge is 0.416 e. The van der Waals surface area contributed by atoms with Gasteiger partial charge in [0.25, 0.3) is 0 Å². The molecule has 0 radical (unpaired) electrons. The van der Waals surface area contributed by atoms with E-state index in [9.17, 15) is 18.3 Å². The zero-order valence-electron chi connectivity index (χ0n) is 16.1. The Hall–Kier alpha value is -2.88. The number of hydrogen-bond acceptors (Lipinski definition) is 6. The Kier molecular flexibility index (Phi) is 4.53. The lowest BCUT2D eigenvalue weighted by atomic mass is 9.96. The van der Waals surface area contributed by atoms with Crippen LogP contribution < -0.4 is 5.32 Å². The number of phenolic OH excluding ortho intramolecular Hbond substituents is 1. The first-order valence-electron chi connectivity index (χ1n) is 10.0. The third-order valence-electron chi connectivity index (χ3n) is 6.06. The number of alkyl halides is 3. The molecule has 4 heterocycles. The van der Waals surface area contributed by atoms with Crippen LogP contribution in [0.15, 0.2) is 30.5 Å². The highest BCUT2D eigenvalue weighted by Crippen LogP contribution is 2.37. The highest BCUT2D eigenvalue weighted by atomic mass is 19.4. The summed E-state index contributed by atoms with van der Waals surface area (Å²) in [5, 5.41) is 26.5. The van der Waals surface area contributed by atoms with Crippen LogP contribution >= 0.6 is 0 Å². The number of nitrogens with zero attached hydrogens (tertiary/aromatic N) is 5. The zero-order valence-corrected chi connectivity index (χ0v) is 16.1. The Labute approximate surface area is 170 Å². The quantitative estimate of drug-likeness (QED) is 0.677. The van der Waals surface area contributed by atoms with Gasteiger partial charge in [-0.1, -0.05) is 0 Å². The summed E-state index contributed by atoms with van der Waals surface area (Å²) in [6, 6.07) is 5.24. The number of fused-ring (bicyclic) bond motifs is 2. The highest BCUT2D eigenvalue weighted by Gasteiger charge is 2.35. The van der Waals surface area contributed by atoms with Crippen molar-refractivity contribution >= 4 is 11.5 Å². The summed E-state index contributed by atoms with van der Waals surface area (Å²) < 4.78 is 40.3. The molecule has 2 aliphatic heterocycles. The zero-order chi connectivity index (χ0) is 20.9. The first-order chi connectivity index (χ1) is 14.4. The summed E-state index contributed by atoms with van der Waals surface area (Å²) in [5.74, 6) is -0.0132. The molecule has 158 valence electrons. The Balaban J connectivity index is 1.49. The molecule has 0 saturated carbocycles. The van der Waals surface area contributed by atoms with Gasteiger partial charge in [-0.25, -0.2) is 0 Å². The molecule has 2 fully saturated rings. The van der Waals surface area contributed by atoms with Crippen LogP contribution in [-0.4, -0.2) is 55.0 Å². The van der Waals surface area contributed by atoms with Crippen molar-refractivity contribution in [3.8, 4) is 17.0 Å². The fraction of sp³-hybridized carbons (Fsp3) is 0.450. The standard InChI is InChI=1S/C20H21F3N6O/c21-20(22,23)12-5-6-13(17(30)11-12)18-16-7-8-24-29(16)19(27-26-18)25-14-3-1-9-28-10-2-4-15(14)28/h5-8,11,14-15,30H,1-4,9-10H2,(H,25,27)/t14-,15+/m0/s1. The minimum absolute atomic E-state index is 0.173. The molecule has 5 rings (SSSR count). The largest absolute Gasteiger partial charge is 0.507 e. The fourth-order valence-electron chi connectivity index (χ4n) is 4.66. The third kappa shape index (κ3) is 3.24. The van der Waals surface area contributed by atoms with Gasteiger partial charge in [0.05, 0.1) is 17.3 Å². The van der Waals surface area contributed by atoms with Crippen LogP contribution in [0, 0.1) is 0 Å². The predicted molar refractivity (Wildman–Crippen MR) is 104 cm³/mol. The van der Waals surface area contributed by atoms with Crippen LogP contribution in [0.3, 0.4) is 0 Å². The van der Waals surface area contributed by atoms with Gasteiger partial charge in [-0.15, -0.1) is 10.2 Å². The summed E-state index contributed by atoms with van der Waals surface area (Å²) in [5.41, 5.74) is 0.0854. The van der Waals surface area contributed by atoms with Crippen molar-refractivity contribution in [1.82, 2.24) is 24.7 Å². The van der Waals surface area contributed by atoms with Crippen molar-refractivity contribution in [3.05, 3.63) is 36.0 Å². The summed E-state index contributed by atoms with van der Waals surface area (Å²) in [6.07, 6.45) is 1.53. The maximum absolute atomic E-state index is 12.9. The van der Waals surface area contributed by atoms with Crippen LogP contribution in [-0.2, 0) is 6.18 Å². The highest BCUT2D eigenvalue weighted by molar-refractivity contribution is 5.80. The molecule has 2 N–H and O–H groups in total. The van der Waals surface area contributed by atoms with E-state index in [2.05, 4.69) is 25.5 Å². The minimum atomic E-state index is -4.53. The van der Waals surface area contributed by atoms with E-state index in [0.717, 1.165) is 38.4 Å². The Morgan fingerprint density at radius 2 is 1.87 bits per heavy atom. The summed E-state index contributed by atoms with van der Waals surface area (Å²) in [4.78, 5) is 2.50. The number of anilines is 1. The number of nitrogens with one attached hydrogen (secondary N) is 1. The van der Waals surface area contributed by atoms with Crippen molar-refractivity contribution in [2.45, 2.75) is 43.9 Å². The molecule has 0 amide bonds. The van der Waals surface area contributed by atoms with Gasteiger partial charge in [0, 0.05) is 17.6 Å². The van der Waals surface area contributed by atoms with Crippen LogP contribution in [0.4, 0.5) is 19.1 Å². The number of halogens is 3. The summed E-state index contributed by atoms with van der Waals surface area (Å²) in [6.45, 7) is 2.25. The third-order valence-corrected chi connectivity index (χ3v) is 6.06. The molecule has 0 unspecified atom stereocenters. The van der Waals surface area contributed by atoms with Crippen LogP contribution in [0.25, 0.3) is 16.8 Å². The molecule has 7 nitrogen and oxygen atoms in total. The molecule has 1 aromatic carbocycles. The Bertz CT molecular complexity index is 1080. The van der Waals surface area contributed by atoms with E-state index in [4.69, 9.17) is 0 Å².